The fraction of sp³-hybridized carbons (Fsp3) is 0.889. The molecule has 0 aliphatic heterocycles. The maximum Gasteiger partial charge on any atom is 0.157 e. The molecule has 0 saturated heterocycles. The van der Waals surface area contributed by atoms with Crippen LogP contribution in [0.2, 0.25) is 0 Å². The van der Waals surface area contributed by atoms with Gasteiger partial charge >= 0.3 is 0 Å². The quantitative estimate of drug-likeness (QED) is 0.653. The summed E-state index contributed by atoms with van der Waals surface area (Å²) in [6.07, 6.45) is 3.31. The summed E-state index contributed by atoms with van der Waals surface area (Å²) in [5.74, 6) is -0.0629. The topological polar surface area (TPSA) is 51.2 Å². The van der Waals surface area contributed by atoms with Gasteiger partial charge in [0.05, 0.1) is 5.75 Å². The van der Waals surface area contributed by atoms with Gasteiger partial charge in [-0.3, -0.25) is 4.79 Å². The van der Waals surface area contributed by atoms with Gasteiger partial charge in [0, 0.05) is 5.92 Å². The summed E-state index contributed by atoms with van der Waals surface area (Å²) in [5, 5.41) is 0. The Morgan fingerprint density at radius 1 is 1.38 bits per heavy atom. The summed E-state index contributed by atoms with van der Waals surface area (Å²) in [6, 6.07) is 0. The minimum atomic E-state index is -3.10. The highest BCUT2D eigenvalue weighted by atomic mass is 32.2. The zero-order chi connectivity index (χ0) is 9.90. The van der Waals surface area contributed by atoms with Crippen molar-refractivity contribution < 1.29 is 13.2 Å². The lowest BCUT2D eigenvalue weighted by Crippen LogP contribution is -2.19. The molecule has 0 unspecified atom stereocenters. The highest BCUT2D eigenvalue weighted by molar-refractivity contribution is 7.92. The van der Waals surface area contributed by atoms with Crippen LogP contribution in [-0.4, -0.2) is 25.7 Å². The SMILES string of the molecule is CCCCS(=O)(=O)CC(=O)C1CC1. The van der Waals surface area contributed by atoms with Crippen molar-refractivity contribution in [2.45, 2.75) is 32.6 Å². The number of carbonyl (C=O) groups is 1. The Hall–Kier alpha value is -0.380. The first-order chi connectivity index (χ1) is 6.05. The van der Waals surface area contributed by atoms with Gasteiger partial charge in [0.15, 0.2) is 15.6 Å². The summed E-state index contributed by atoms with van der Waals surface area (Å²) in [6.45, 7) is 1.94. The van der Waals surface area contributed by atoms with Crippen LogP contribution in [0.4, 0.5) is 0 Å². The van der Waals surface area contributed by atoms with Crippen molar-refractivity contribution in [2.75, 3.05) is 11.5 Å². The highest BCUT2D eigenvalue weighted by Gasteiger charge is 2.32. The van der Waals surface area contributed by atoms with E-state index in [0.29, 0.717) is 6.42 Å². The number of rotatable bonds is 6. The van der Waals surface area contributed by atoms with E-state index >= 15 is 0 Å². The fourth-order valence-electron chi connectivity index (χ4n) is 1.18. The van der Waals surface area contributed by atoms with Crippen LogP contribution in [-0.2, 0) is 14.6 Å². The number of hydrogen-bond acceptors (Lipinski definition) is 3. The monoisotopic (exact) mass is 204 g/mol. The van der Waals surface area contributed by atoms with Gasteiger partial charge in [-0.15, -0.1) is 0 Å². The van der Waals surface area contributed by atoms with Crippen molar-refractivity contribution >= 4 is 15.6 Å². The van der Waals surface area contributed by atoms with Gasteiger partial charge in [-0.1, -0.05) is 13.3 Å². The molecule has 0 N–H and O–H groups in total. The Morgan fingerprint density at radius 3 is 2.46 bits per heavy atom. The Bertz CT molecular complexity index is 275. The Kier molecular flexibility index (Phi) is 3.47. The minimum Gasteiger partial charge on any atom is -0.298 e. The van der Waals surface area contributed by atoms with Gasteiger partial charge < -0.3 is 0 Å². The second-order valence-electron chi connectivity index (χ2n) is 3.69. The van der Waals surface area contributed by atoms with Gasteiger partial charge in [-0.2, -0.15) is 0 Å². The molecule has 0 bridgehead atoms. The van der Waals surface area contributed by atoms with Crippen molar-refractivity contribution in [3.05, 3.63) is 0 Å². The molecule has 1 saturated carbocycles. The van der Waals surface area contributed by atoms with Gasteiger partial charge in [-0.25, -0.2) is 8.42 Å². The molecule has 1 fully saturated rings. The van der Waals surface area contributed by atoms with Crippen LogP contribution in [0.3, 0.4) is 0 Å². The standard InChI is InChI=1S/C9H16O3S/c1-2-3-6-13(11,12)7-9(10)8-4-5-8/h8H,2-7H2,1H3. The number of Topliss-reactive ketones (excluding diaryl/α,β-unsaturated/α-hetero) is 1. The first kappa shape index (κ1) is 10.7. The van der Waals surface area contributed by atoms with E-state index in [-0.39, 0.29) is 23.2 Å². The van der Waals surface area contributed by atoms with E-state index in [1.165, 1.54) is 0 Å². The minimum absolute atomic E-state index is 0.0661. The summed E-state index contributed by atoms with van der Waals surface area (Å²) in [5.41, 5.74) is 0. The van der Waals surface area contributed by atoms with Crippen molar-refractivity contribution in [3.8, 4) is 0 Å². The molecule has 0 atom stereocenters. The summed E-state index contributed by atoms with van der Waals surface area (Å²) in [4.78, 5) is 11.2. The van der Waals surface area contributed by atoms with E-state index in [1.54, 1.807) is 0 Å². The van der Waals surface area contributed by atoms with Gasteiger partial charge in [0.25, 0.3) is 0 Å². The van der Waals surface area contributed by atoms with Crippen molar-refractivity contribution in [3.63, 3.8) is 0 Å². The number of sulfone groups is 1. The summed E-state index contributed by atoms with van der Waals surface area (Å²) >= 11 is 0. The Morgan fingerprint density at radius 2 is 2.00 bits per heavy atom. The molecule has 76 valence electrons. The molecule has 4 heteroatoms. The molecule has 0 aromatic carbocycles. The van der Waals surface area contributed by atoms with Crippen molar-refractivity contribution in [1.82, 2.24) is 0 Å². The lowest BCUT2D eigenvalue weighted by atomic mass is 10.3. The van der Waals surface area contributed by atoms with Crippen LogP contribution in [0.1, 0.15) is 32.6 Å². The molecule has 0 radical (unpaired) electrons. The van der Waals surface area contributed by atoms with Gasteiger partial charge in [-0.05, 0) is 19.3 Å². The third-order valence-electron chi connectivity index (χ3n) is 2.20. The zero-order valence-corrected chi connectivity index (χ0v) is 8.77. The van der Waals surface area contributed by atoms with E-state index in [4.69, 9.17) is 0 Å². The number of carbonyl (C=O) groups excluding carboxylic acids is 1. The highest BCUT2D eigenvalue weighted by Crippen LogP contribution is 2.30. The second kappa shape index (κ2) is 4.22. The largest absolute Gasteiger partial charge is 0.298 e. The Labute approximate surface area is 79.4 Å². The summed E-state index contributed by atoms with van der Waals surface area (Å²) < 4.78 is 22.6. The van der Waals surface area contributed by atoms with Gasteiger partial charge in [0.1, 0.15) is 5.75 Å². The number of ketones is 1. The molecule has 1 aliphatic rings. The van der Waals surface area contributed by atoms with Crippen LogP contribution in [0.25, 0.3) is 0 Å². The molecule has 13 heavy (non-hydrogen) atoms. The van der Waals surface area contributed by atoms with Crippen LogP contribution in [0.15, 0.2) is 0 Å². The third-order valence-corrected chi connectivity index (χ3v) is 3.84. The zero-order valence-electron chi connectivity index (χ0n) is 7.95. The number of unbranched alkanes of at least 4 members (excludes halogenated alkanes) is 1. The molecule has 0 amide bonds. The lowest BCUT2D eigenvalue weighted by molar-refractivity contribution is -0.117. The van der Waals surface area contributed by atoms with E-state index < -0.39 is 9.84 Å². The predicted molar refractivity (Wildman–Crippen MR) is 51.3 cm³/mol. The first-order valence-electron chi connectivity index (χ1n) is 4.78. The van der Waals surface area contributed by atoms with Crippen molar-refractivity contribution in [1.29, 1.82) is 0 Å². The van der Waals surface area contributed by atoms with Gasteiger partial charge in [0.2, 0.25) is 0 Å². The lowest BCUT2D eigenvalue weighted by Gasteiger charge is -2.01. The number of hydrogen-bond donors (Lipinski definition) is 0. The molecular formula is C9H16O3S. The second-order valence-corrected chi connectivity index (χ2v) is 5.87. The van der Waals surface area contributed by atoms with Crippen molar-refractivity contribution in [2.24, 2.45) is 5.92 Å². The van der Waals surface area contributed by atoms with Crippen LogP contribution in [0, 0.1) is 5.92 Å². The van der Waals surface area contributed by atoms with Crippen LogP contribution >= 0.6 is 0 Å². The van der Waals surface area contributed by atoms with Crippen LogP contribution < -0.4 is 0 Å². The third kappa shape index (κ3) is 3.89. The molecule has 0 heterocycles. The summed E-state index contributed by atoms with van der Waals surface area (Å²) in [7, 11) is -3.10. The van der Waals surface area contributed by atoms with E-state index in [0.717, 1.165) is 19.3 Å². The predicted octanol–water partition coefficient (Wildman–Crippen LogP) is 1.18. The molecule has 0 aromatic rings. The van der Waals surface area contributed by atoms with Crippen LogP contribution in [0.5, 0.6) is 0 Å². The molecule has 1 rings (SSSR count). The fourth-order valence-corrected chi connectivity index (χ4v) is 2.72. The molecule has 0 spiro atoms. The molecule has 3 nitrogen and oxygen atoms in total. The molecule has 0 aromatic heterocycles. The maximum atomic E-state index is 11.3. The Balaban J connectivity index is 2.36. The molecule has 1 aliphatic carbocycles. The average molecular weight is 204 g/mol. The average Bonchev–Trinajstić information content (AvgIpc) is 2.82. The van der Waals surface area contributed by atoms with E-state index in [9.17, 15) is 13.2 Å². The maximum absolute atomic E-state index is 11.3. The normalized spacial score (nSPS) is 17.3. The molecular weight excluding hydrogens is 188 g/mol. The first-order valence-corrected chi connectivity index (χ1v) is 6.60. The van der Waals surface area contributed by atoms with E-state index in [1.807, 2.05) is 6.92 Å². The smallest absolute Gasteiger partial charge is 0.157 e. The van der Waals surface area contributed by atoms with E-state index in [2.05, 4.69) is 0 Å².